The van der Waals surface area contributed by atoms with E-state index in [-0.39, 0.29) is 11.1 Å². The van der Waals surface area contributed by atoms with Gasteiger partial charge in [-0.15, -0.1) is 0 Å². The van der Waals surface area contributed by atoms with Crippen LogP contribution in [0.4, 0.5) is 0 Å². The fraction of sp³-hybridized carbons (Fsp3) is 0.938. The zero-order valence-electron chi connectivity index (χ0n) is 13.4. The molecule has 3 nitrogen and oxygen atoms in total. The van der Waals surface area contributed by atoms with Crippen molar-refractivity contribution in [3.8, 4) is 6.07 Å². The van der Waals surface area contributed by atoms with Crippen LogP contribution in [0.15, 0.2) is 0 Å². The van der Waals surface area contributed by atoms with E-state index in [0.29, 0.717) is 6.04 Å². The molecule has 19 heavy (non-hydrogen) atoms. The molecule has 110 valence electrons. The summed E-state index contributed by atoms with van der Waals surface area (Å²) in [5.74, 6) is 0. The number of nitrogens with one attached hydrogen (secondary N) is 1. The minimum atomic E-state index is -0.293. The highest BCUT2D eigenvalue weighted by atomic mass is 15.2. The van der Waals surface area contributed by atoms with Gasteiger partial charge in [-0.05, 0) is 66.0 Å². The summed E-state index contributed by atoms with van der Waals surface area (Å²) in [5, 5.41) is 13.0. The Hall–Kier alpha value is -0.590. The molecule has 0 radical (unpaired) electrons. The summed E-state index contributed by atoms with van der Waals surface area (Å²) in [6, 6.07) is 3.13. The highest BCUT2D eigenvalue weighted by molar-refractivity contribution is 5.09. The van der Waals surface area contributed by atoms with Crippen LogP contribution in [0, 0.1) is 11.3 Å². The Bertz CT molecular complexity index is 314. The second-order valence-corrected chi connectivity index (χ2v) is 6.66. The lowest BCUT2D eigenvalue weighted by molar-refractivity contribution is 0.144. The number of hydrogen-bond acceptors (Lipinski definition) is 3. The van der Waals surface area contributed by atoms with Crippen LogP contribution < -0.4 is 5.32 Å². The van der Waals surface area contributed by atoms with E-state index in [1.165, 1.54) is 12.8 Å². The summed E-state index contributed by atoms with van der Waals surface area (Å²) in [7, 11) is 2.19. The van der Waals surface area contributed by atoms with Gasteiger partial charge in [0.05, 0.1) is 6.07 Å². The van der Waals surface area contributed by atoms with Crippen LogP contribution in [-0.4, -0.2) is 35.6 Å². The maximum atomic E-state index is 9.50. The average Bonchev–Trinajstić information content (AvgIpc) is 3.21. The summed E-state index contributed by atoms with van der Waals surface area (Å²) in [6.45, 7) is 9.99. The molecule has 1 fully saturated rings. The molecule has 0 saturated heterocycles. The van der Waals surface area contributed by atoms with Gasteiger partial charge in [0.15, 0.2) is 0 Å². The van der Waals surface area contributed by atoms with Gasteiger partial charge in [0.2, 0.25) is 0 Å². The van der Waals surface area contributed by atoms with Crippen molar-refractivity contribution in [2.24, 2.45) is 0 Å². The summed E-state index contributed by atoms with van der Waals surface area (Å²) < 4.78 is 0. The minimum absolute atomic E-state index is 0.255. The molecule has 1 saturated carbocycles. The summed E-state index contributed by atoms with van der Waals surface area (Å²) >= 11 is 0. The Labute approximate surface area is 119 Å². The standard InChI is InChI=1S/C16H31N3/c1-6-15(3,4)19(5)12-8-11-16(7-2,13-17)18-14-9-10-14/h14,18H,6-12H2,1-5H3. The van der Waals surface area contributed by atoms with Crippen molar-refractivity contribution in [2.45, 2.75) is 83.3 Å². The number of hydrogen-bond donors (Lipinski definition) is 1. The van der Waals surface area contributed by atoms with E-state index in [1.54, 1.807) is 0 Å². The quantitative estimate of drug-likeness (QED) is 0.695. The molecule has 1 rings (SSSR count). The largest absolute Gasteiger partial charge is 0.301 e. The van der Waals surface area contributed by atoms with Crippen LogP contribution in [0.3, 0.4) is 0 Å². The fourth-order valence-corrected chi connectivity index (χ4v) is 2.33. The van der Waals surface area contributed by atoms with Gasteiger partial charge in [-0.25, -0.2) is 0 Å². The molecule has 1 atom stereocenters. The lowest BCUT2D eigenvalue weighted by atomic mass is 9.91. The molecule has 0 aromatic rings. The first-order valence-corrected chi connectivity index (χ1v) is 7.79. The molecular weight excluding hydrogens is 234 g/mol. The predicted molar refractivity (Wildman–Crippen MR) is 81.0 cm³/mol. The predicted octanol–water partition coefficient (Wildman–Crippen LogP) is 3.31. The normalized spacial score (nSPS) is 19.2. The first-order valence-electron chi connectivity index (χ1n) is 7.79. The van der Waals surface area contributed by atoms with Gasteiger partial charge in [0, 0.05) is 11.6 Å². The van der Waals surface area contributed by atoms with Crippen molar-refractivity contribution >= 4 is 0 Å². The van der Waals surface area contributed by atoms with Crippen LogP contribution >= 0.6 is 0 Å². The van der Waals surface area contributed by atoms with Crippen LogP contribution in [-0.2, 0) is 0 Å². The minimum Gasteiger partial charge on any atom is -0.301 e. The fourth-order valence-electron chi connectivity index (χ4n) is 2.33. The molecule has 0 amide bonds. The molecule has 3 heteroatoms. The number of rotatable bonds is 9. The van der Waals surface area contributed by atoms with Crippen molar-refractivity contribution in [2.75, 3.05) is 13.6 Å². The van der Waals surface area contributed by atoms with E-state index in [2.05, 4.69) is 51.0 Å². The Morgan fingerprint density at radius 3 is 2.32 bits per heavy atom. The van der Waals surface area contributed by atoms with Crippen LogP contribution in [0.25, 0.3) is 0 Å². The highest BCUT2D eigenvalue weighted by Crippen LogP contribution is 2.27. The summed E-state index contributed by atoms with van der Waals surface area (Å²) in [6.07, 6.45) is 6.59. The van der Waals surface area contributed by atoms with Gasteiger partial charge in [-0.2, -0.15) is 5.26 Å². The van der Waals surface area contributed by atoms with Crippen molar-refractivity contribution in [1.29, 1.82) is 5.26 Å². The third kappa shape index (κ3) is 4.78. The molecular formula is C16H31N3. The van der Waals surface area contributed by atoms with E-state index in [4.69, 9.17) is 0 Å². The van der Waals surface area contributed by atoms with Gasteiger partial charge >= 0.3 is 0 Å². The zero-order valence-corrected chi connectivity index (χ0v) is 13.4. The molecule has 0 aliphatic heterocycles. The molecule has 1 aliphatic carbocycles. The molecule has 1 unspecified atom stereocenters. The van der Waals surface area contributed by atoms with E-state index >= 15 is 0 Å². The second-order valence-electron chi connectivity index (χ2n) is 6.66. The third-order valence-electron chi connectivity index (χ3n) is 4.87. The first kappa shape index (κ1) is 16.5. The zero-order chi connectivity index (χ0) is 14.5. The van der Waals surface area contributed by atoms with Gasteiger partial charge in [0.1, 0.15) is 5.54 Å². The monoisotopic (exact) mass is 265 g/mol. The SMILES string of the molecule is CCC(C#N)(CCCN(C)C(C)(C)CC)NC1CC1. The van der Waals surface area contributed by atoms with Gasteiger partial charge in [0.25, 0.3) is 0 Å². The van der Waals surface area contributed by atoms with Crippen LogP contribution in [0.2, 0.25) is 0 Å². The smallest absolute Gasteiger partial charge is 0.106 e. The molecule has 0 spiro atoms. The number of nitrogens with zero attached hydrogens (tertiary/aromatic N) is 2. The van der Waals surface area contributed by atoms with Crippen molar-refractivity contribution in [1.82, 2.24) is 10.2 Å². The molecule has 1 aliphatic rings. The maximum Gasteiger partial charge on any atom is 0.106 e. The Morgan fingerprint density at radius 2 is 1.89 bits per heavy atom. The topological polar surface area (TPSA) is 39.1 Å². The second kappa shape index (κ2) is 6.72. The van der Waals surface area contributed by atoms with Gasteiger partial charge < -0.3 is 4.90 Å². The molecule has 0 aromatic carbocycles. The van der Waals surface area contributed by atoms with Crippen molar-refractivity contribution in [3.05, 3.63) is 0 Å². The van der Waals surface area contributed by atoms with E-state index in [1.807, 2.05) is 0 Å². The van der Waals surface area contributed by atoms with Crippen molar-refractivity contribution < 1.29 is 0 Å². The molecule has 0 heterocycles. The summed E-state index contributed by atoms with van der Waals surface area (Å²) in [4.78, 5) is 2.42. The maximum absolute atomic E-state index is 9.50. The van der Waals surface area contributed by atoms with Gasteiger partial charge in [-0.1, -0.05) is 13.8 Å². The molecule has 0 aromatic heterocycles. The molecule has 0 bridgehead atoms. The van der Waals surface area contributed by atoms with Gasteiger partial charge in [-0.3, -0.25) is 5.32 Å². The number of nitriles is 1. The lowest BCUT2D eigenvalue weighted by Crippen LogP contribution is -2.46. The third-order valence-corrected chi connectivity index (χ3v) is 4.87. The Kier molecular flexibility index (Phi) is 5.82. The van der Waals surface area contributed by atoms with E-state index in [0.717, 1.165) is 32.2 Å². The summed E-state index contributed by atoms with van der Waals surface area (Å²) in [5.41, 5.74) is -0.0379. The first-order chi connectivity index (χ1) is 8.89. The average molecular weight is 265 g/mol. The van der Waals surface area contributed by atoms with Crippen molar-refractivity contribution in [3.63, 3.8) is 0 Å². The van der Waals surface area contributed by atoms with Crippen LogP contribution in [0.1, 0.15) is 66.2 Å². The Morgan fingerprint density at radius 1 is 1.26 bits per heavy atom. The van der Waals surface area contributed by atoms with E-state index < -0.39 is 0 Å². The lowest BCUT2D eigenvalue weighted by Gasteiger charge is -2.36. The van der Waals surface area contributed by atoms with E-state index in [9.17, 15) is 5.26 Å². The van der Waals surface area contributed by atoms with Crippen LogP contribution in [0.5, 0.6) is 0 Å². The highest BCUT2D eigenvalue weighted by Gasteiger charge is 2.34. The Balaban J connectivity index is 2.42. The molecule has 1 N–H and O–H groups in total.